The van der Waals surface area contributed by atoms with Gasteiger partial charge in [-0.15, -0.1) is 6.58 Å². The van der Waals surface area contributed by atoms with Gasteiger partial charge in [0, 0.05) is 24.7 Å². The smallest absolute Gasteiger partial charge is 0.303 e. The molecule has 0 fully saturated rings. The minimum absolute atomic E-state index is 0.123. The number of aliphatic carboxylic acids is 1. The molecular weight excluding hydrogens is 400 g/mol. The number of imidazole rings is 1. The quantitative estimate of drug-likeness (QED) is 0.471. The van der Waals surface area contributed by atoms with Crippen molar-refractivity contribution in [1.82, 2.24) is 9.55 Å². The van der Waals surface area contributed by atoms with Crippen LogP contribution in [-0.4, -0.2) is 27.2 Å². The van der Waals surface area contributed by atoms with Crippen LogP contribution in [0, 0.1) is 6.92 Å². The lowest BCUT2D eigenvalue weighted by Crippen LogP contribution is -2.07. The SMILES string of the molecule is C=CCc1ccc(-c2nc(C)c(CCOc3ccc4c(c3)CC[C@H]4CC(=O)O)n2C)cc1. The molecule has 0 aliphatic heterocycles. The number of ether oxygens (including phenoxy) is 1. The molecule has 2 aromatic carbocycles. The summed E-state index contributed by atoms with van der Waals surface area (Å²) >= 11 is 0. The maximum absolute atomic E-state index is 11.1. The molecule has 0 saturated heterocycles. The summed E-state index contributed by atoms with van der Waals surface area (Å²) in [5.74, 6) is 1.20. The van der Waals surface area contributed by atoms with Crippen molar-refractivity contribution in [2.24, 2.45) is 7.05 Å². The predicted molar refractivity (Wildman–Crippen MR) is 126 cm³/mol. The van der Waals surface area contributed by atoms with Gasteiger partial charge in [-0.25, -0.2) is 4.98 Å². The molecule has 1 aliphatic carbocycles. The van der Waals surface area contributed by atoms with E-state index in [1.54, 1.807) is 0 Å². The molecule has 0 amide bonds. The van der Waals surface area contributed by atoms with Gasteiger partial charge >= 0.3 is 5.97 Å². The Morgan fingerprint density at radius 3 is 2.78 bits per heavy atom. The third-order valence-corrected chi connectivity index (χ3v) is 6.35. The average molecular weight is 431 g/mol. The Balaban J connectivity index is 1.41. The summed E-state index contributed by atoms with van der Waals surface area (Å²) in [6.45, 7) is 6.41. The first-order valence-electron chi connectivity index (χ1n) is 11.2. The van der Waals surface area contributed by atoms with E-state index < -0.39 is 5.97 Å². The van der Waals surface area contributed by atoms with Gasteiger partial charge in [-0.2, -0.15) is 0 Å². The number of hydrogen-bond acceptors (Lipinski definition) is 3. The molecule has 0 unspecified atom stereocenters. The minimum Gasteiger partial charge on any atom is -0.493 e. The molecule has 166 valence electrons. The van der Waals surface area contributed by atoms with Gasteiger partial charge in [0.15, 0.2) is 0 Å². The number of carbonyl (C=O) groups is 1. The highest BCUT2D eigenvalue weighted by Crippen LogP contribution is 2.37. The van der Waals surface area contributed by atoms with E-state index in [1.165, 1.54) is 11.1 Å². The first-order chi connectivity index (χ1) is 15.5. The molecule has 1 heterocycles. The van der Waals surface area contributed by atoms with Gasteiger partial charge in [-0.05, 0) is 60.9 Å². The third-order valence-electron chi connectivity index (χ3n) is 6.35. The topological polar surface area (TPSA) is 64.3 Å². The van der Waals surface area contributed by atoms with Crippen LogP contribution in [0.3, 0.4) is 0 Å². The summed E-state index contributed by atoms with van der Waals surface area (Å²) < 4.78 is 8.21. The lowest BCUT2D eigenvalue weighted by atomic mass is 9.98. The number of carboxylic acids is 1. The molecule has 1 atom stereocenters. The van der Waals surface area contributed by atoms with Crippen LogP contribution in [0.5, 0.6) is 5.75 Å². The van der Waals surface area contributed by atoms with Crippen molar-refractivity contribution in [3.63, 3.8) is 0 Å². The summed E-state index contributed by atoms with van der Waals surface area (Å²) in [5.41, 5.74) is 6.90. The number of nitrogens with zero attached hydrogens (tertiary/aromatic N) is 2. The zero-order chi connectivity index (χ0) is 22.7. The van der Waals surface area contributed by atoms with Crippen molar-refractivity contribution < 1.29 is 14.6 Å². The summed E-state index contributed by atoms with van der Waals surface area (Å²) in [7, 11) is 2.06. The van der Waals surface area contributed by atoms with E-state index in [2.05, 4.69) is 48.5 Å². The molecule has 5 heteroatoms. The van der Waals surface area contributed by atoms with Gasteiger partial charge in [0.2, 0.25) is 0 Å². The first kappa shape index (κ1) is 21.9. The lowest BCUT2D eigenvalue weighted by molar-refractivity contribution is -0.137. The second-order valence-electron chi connectivity index (χ2n) is 8.51. The van der Waals surface area contributed by atoms with E-state index >= 15 is 0 Å². The van der Waals surface area contributed by atoms with Gasteiger partial charge in [-0.1, -0.05) is 36.4 Å². The second-order valence-corrected chi connectivity index (χ2v) is 8.51. The van der Waals surface area contributed by atoms with Crippen molar-refractivity contribution in [3.05, 3.63) is 83.2 Å². The molecule has 3 aromatic rings. The maximum atomic E-state index is 11.1. The van der Waals surface area contributed by atoms with Crippen LogP contribution in [0.4, 0.5) is 0 Å². The number of allylic oxidation sites excluding steroid dienone is 1. The lowest BCUT2D eigenvalue weighted by Gasteiger charge is -2.12. The fraction of sp³-hybridized carbons (Fsp3) is 0.333. The monoisotopic (exact) mass is 430 g/mol. The number of carboxylic acid groups (broad SMARTS) is 1. The van der Waals surface area contributed by atoms with Crippen LogP contribution in [0.1, 0.15) is 46.8 Å². The molecule has 0 spiro atoms. The van der Waals surface area contributed by atoms with Gasteiger partial charge in [-0.3, -0.25) is 4.79 Å². The summed E-state index contributed by atoms with van der Waals surface area (Å²) in [6, 6.07) is 14.5. The zero-order valence-corrected chi connectivity index (χ0v) is 18.8. The fourth-order valence-electron chi connectivity index (χ4n) is 4.69. The molecular formula is C27H30N2O3. The summed E-state index contributed by atoms with van der Waals surface area (Å²) in [5, 5.41) is 9.10. The number of aryl methyl sites for hydroxylation is 2. The highest BCUT2D eigenvalue weighted by Gasteiger charge is 2.25. The molecule has 32 heavy (non-hydrogen) atoms. The highest BCUT2D eigenvalue weighted by atomic mass is 16.5. The molecule has 0 bridgehead atoms. The Kier molecular flexibility index (Phi) is 6.45. The second kappa shape index (κ2) is 9.43. The number of rotatable bonds is 9. The molecule has 0 radical (unpaired) electrons. The molecule has 1 N–H and O–H groups in total. The van der Waals surface area contributed by atoms with Crippen LogP contribution in [0.25, 0.3) is 11.4 Å². The van der Waals surface area contributed by atoms with Crippen molar-refractivity contribution in [2.45, 2.75) is 44.9 Å². The van der Waals surface area contributed by atoms with Crippen LogP contribution < -0.4 is 4.74 Å². The Hall–Kier alpha value is -3.34. The molecule has 5 nitrogen and oxygen atoms in total. The maximum Gasteiger partial charge on any atom is 0.303 e. The van der Waals surface area contributed by atoms with Crippen LogP contribution in [-0.2, 0) is 31.1 Å². The van der Waals surface area contributed by atoms with Gasteiger partial charge in [0.1, 0.15) is 11.6 Å². The standard InChI is InChI=1S/C27H30N2O3/c1-4-5-19-6-8-20(9-7-19)27-28-18(2)25(29(27)3)14-15-32-23-12-13-24-21(16-23)10-11-22(24)17-26(30)31/h4,6-9,12-13,16,22H,1,5,10-11,14-15,17H2,2-3H3,(H,30,31)/t22-/m0/s1. The average Bonchev–Trinajstić information content (AvgIpc) is 3.29. The Labute approximate surface area is 189 Å². The van der Waals surface area contributed by atoms with E-state index in [4.69, 9.17) is 14.8 Å². The van der Waals surface area contributed by atoms with Crippen LogP contribution in [0.2, 0.25) is 0 Å². The van der Waals surface area contributed by atoms with Gasteiger partial charge < -0.3 is 14.4 Å². The molecule has 4 rings (SSSR count). The zero-order valence-electron chi connectivity index (χ0n) is 18.8. The summed E-state index contributed by atoms with van der Waals surface area (Å²) in [6.07, 6.45) is 5.56. The number of benzene rings is 2. The third kappa shape index (κ3) is 4.62. The van der Waals surface area contributed by atoms with E-state index in [0.29, 0.717) is 6.61 Å². The largest absolute Gasteiger partial charge is 0.493 e. The first-order valence-corrected chi connectivity index (χ1v) is 11.2. The van der Waals surface area contributed by atoms with Crippen LogP contribution >= 0.6 is 0 Å². The molecule has 1 aromatic heterocycles. The summed E-state index contributed by atoms with van der Waals surface area (Å²) in [4.78, 5) is 15.9. The minimum atomic E-state index is -0.734. The van der Waals surface area contributed by atoms with Crippen molar-refractivity contribution in [2.75, 3.05) is 6.61 Å². The van der Waals surface area contributed by atoms with E-state index in [1.807, 2.05) is 25.1 Å². The van der Waals surface area contributed by atoms with E-state index in [0.717, 1.165) is 59.8 Å². The van der Waals surface area contributed by atoms with Gasteiger partial charge in [0.05, 0.1) is 18.7 Å². The molecule has 1 aliphatic rings. The van der Waals surface area contributed by atoms with Gasteiger partial charge in [0.25, 0.3) is 0 Å². The number of fused-ring (bicyclic) bond motifs is 1. The van der Waals surface area contributed by atoms with E-state index in [-0.39, 0.29) is 12.3 Å². The van der Waals surface area contributed by atoms with Crippen molar-refractivity contribution >= 4 is 5.97 Å². The van der Waals surface area contributed by atoms with E-state index in [9.17, 15) is 4.79 Å². The Morgan fingerprint density at radius 2 is 2.06 bits per heavy atom. The van der Waals surface area contributed by atoms with Crippen molar-refractivity contribution in [1.29, 1.82) is 0 Å². The predicted octanol–water partition coefficient (Wildman–Crippen LogP) is 5.25. The highest BCUT2D eigenvalue weighted by molar-refractivity contribution is 5.68. The van der Waals surface area contributed by atoms with Crippen LogP contribution in [0.15, 0.2) is 55.1 Å². The normalized spacial score (nSPS) is 14.9. The number of aromatic nitrogens is 2. The number of hydrogen-bond donors (Lipinski definition) is 1. The Bertz CT molecular complexity index is 1130. The Morgan fingerprint density at radius 1 is 1.28 bits per heavy atom. The molecule has 0 saturated carbocycles. The van der Waals surface area contributed by atoms with Crippen molar-refractivity contribution in [3.8, 4) is 17.1 Å². The fourth-order valence-corrected chi connectivity index (χ4v) is 4.69.